The predicted molar refractivity (Wildman–Crippen MR) is 79.6 cm³/mol. The van der Waals surface area contributed by atoms with Crippen LogP contribution in [0.15, 0.2) is 41.7 Å². The Balaban J connectivity index is 1.60. The molecule has 5 nitrogen and oxygen atoms in total. The van der Waals surface area contributed by atoms with E-state index in [9.17, 15) is 13.6 Å². The van der Waals surface area contributed by atoms with Crippen molar-refractivity contribution >= 4 is 34.5 Å². The average molecular weight is 320 g/mol. The largest absolute Gasteiger partial charge is 0.332 e. The van der Waals surface area contributed by atoms with Gasteiger partial charge < -0.3 is 10.3 Å². The lowest BCUT2D eigenvalue weighted by Crippen LogP contribution is -2.14. The van der Waals surface area contributed by atoms with Crippen LogP contribution < -0.4 is 5.32 Å². The quantitative estimate of drug-likeness (QED) is 0.725. The molecule has 112 valence electrons. The maximum absolute atomic E-state index is 13.0. The van der Waals surface area contributed by atoms with Crippen molar-refractivity contribution in [1.82, 2.24) is 15.0 Å². The molecule has 0 bridgehead atoms. The summed E-state index contributed by atoms with van der Waals surface area (Å²) in [7, 11) is 0. The molecule has 22 heavy (non-hydrogen) atoms. The molecule has 0 radical (unpaired) electrons. The van der Waals surface area contributed by atoms with E-state index in [-0.39, 0.29) is 17.3 Å². The van der Waals surface area contributed by atoms with Crippen molar-refractivity contribution in [2.24, 2.45) is 0 Å². The summed E-state index contributed by atoms with van der Waals surface area (Å²) < 4.78 is 25.8. The fourth-order valence-electron chi connectivity index (χ4n) is 1.80. The van der Waals surface area contributed by atoms with Gasteiger partial charge in [-0.25, -0.2) is 18.7 Å². The van der Waals surface area contributed by atoms with Gasteiger partial charge in [-0.15, -0.1) is 0 Å². The summed E-state index contributed by atoms with van der Waals surface area (Å²) in [6.07, 6.45) is 1.63. The van der Waals surface area contributed by atoms with Gasteiger partial charge in [-0.2, -0.15) is 0 Å². The summed E-state index contributed by atoms with van der Waals surface area (Å²) in [6.45, 7) is 0. The Morgan fingerprint density at radius 1 is 1.27 bits per heavy atom. The van der Waals surface area contributed by atoms with E-state index in [4.69, 9.17) is 0 Å². The highest BCUT2D eigenvalue weighted by atomic mass is 32.2. The highest BCUT2D eigenvalue weighted by Gasteiger charge is 2.09. The number of hydrogen-bond acceptors (Lipinski definition) is 4. The lowest BCUT2D eigenvalue weighted by Gasteiger charge is -2.04. The number of amides is 1. The monoisotopic (exact) mass is 320 g/mol. The van der Waals surface area contributed by atoms with Crippen LogP contribution in [0.25, 0.3) is 11.2 Å². The van der Waals surface area contributed by atoms with Crippen molar-refractivity contribution in [2.45, 2.75) is 5.16 Å². The maximum Gasteiger partial charge on any atom is 0.234 e. The Kier molecular flexibility index (Phi) is 4.01. The summed E-state index contributed by atoms with van der Waals surface area (Å²) in [5, 5.41) is 3.05. The first-order chi connectivity index (χ1) is 10.6. The molecule has 2 heterocycles. The molecular formula is C14H10F2N4OS. The number of thioether (sulfide) groups is 1. The van der Waals surface area contributed by atoms with Crippen molar-refractivity contribution in [2.75, 3.05) is 11.1 Å². The molecular weight excluding hydrogens is 310 g/mol. The van der Waals surface area contributed by atoms with E-state index < -0.39 is 11.6 Å². The van der Waals surface area contributed by atoms with Gasteiger partial charge in [0, 0.05) is 18.0 Å². The Bertz CT molecular complexity index is 804. The molecule has 0 aliphatic rings. The third kappa shape index (κ3) is 3.22. The first-order valence-corrected chi connectivity index (χ1v) is 7.29. The van der Waals surface area contributed by atoms with E-state index in [0.717, 1.165) is 17.6 Å². The maximum atomic E-state index is 13.0. The van der Waals surface area contributed by atoms with Crippen molar-refractivity contribution < 1.29 is 13.6 Å². The molecule has 0 saturated heterocycles. The molecule has 2 aromatic heterocycles. The molecule has 8 heteroatoms. The van der Waals surface area contributed by atoms with Crippen LogP contribution in [0.1, 0.15) is 0 Å². The number of H-pyrrole nitrogens is 1. The molecule has 0 aliphatic heterocycles. The predicted octanol–water partition coefficient (Wildman–Crippen LogP) is 2.97. The smallest absolute Gasteiger partial charge is 0.234 e. The number of pyridine rings is 1. The van der Waals surface area contributed by atoms with Gasteiger partial charge in [0.05, 0.1) is 11.3 Å². The van der Waals surface area contributed by atoms with Crippen molar-refractivity contribution in [1.29, 1.82) is 0 Å². The molecule has 0 saturated carbocycles. The zero-order valence-corrected chi connectivity index (χ0v) is 12.0. The van der Waals surface area contributed by atoms with Crippen LogP contribution in [0, 0.1) is 11.6 Å². The van der Waals surface area contributed by atoms with Crippen LogP contribution in [0.5, 0.6) is 0 Å². The van der Waals surface area contributed by atoms with E-state index in [1.54, 1.807) is 12.3 Å². The van der Waals surface area contributed by atoms with E-state index in [1.165, 1.54) is 17.8 Å². The van der Waals surface area contributed by atoms with Crippen molar-refractivity contribution in [3.8, 4) is 0 Å². The number of benzene rings is 1. The van der Waals surface area contributed by atoms with E-state index in [1.807, 2.05) is 6.07 Å². The minimum absolute atomic E-state index is 0.0822. The summed E-state index contributed by atoms with van der Waals surface area (Å²) in [4.78, 5) is 23.1. The third-order valence-electron chi connectivity index (χ3n) is 2.78. The number of nitrogens with zero attached hydrogens (tertiary/aromatic N) is 2. The first kappa shape index (κ1) is 14.5. The fraction of sp³-hybridized carbons (Fsp3) is 0.0714. The van der Waals surface area contributed by atoms with Crippen LogP contribution in [0.2, 0.25) is 0 Å². The van der Waals surface area contributed by atoms with Crippen molar-refractivity contribution in [3.05, 3.63) is 48.2 Å². The second-order valence-corrected chi connectivity index (χ2v) is 5.35. The number of nitrogens with one attached hydrogen (secondary N) is 2. The molecule has 0 atom stereocenters. The Labute approximate surface area is 128 Å². The summed E-state index contributed by atoms with van der Waals surface area (Å²) in [5.74, 6) is -2.22. The van der Waals surface area contributed by atoms with Gasteiger partial charge in [-0.1, -0.05) is 11.8 Å². The Morgan fingerprint density at radius 2 is 2.14 bits per heavy atom. The topological polar surface area (TPSA) is 70.7 Å². The molecule has 0 aliphatic carbocycles. The summed E-state index contributed by atoms with van der Waals surface area (Å²) >= 11 is 1.19. The highest BCUT2D eigenvalue weighted by Crippen LogP contribution is 2.18. The molecule has 0 spiro atoms. The van der Waals surface area contributed by atoms with Gasteiger partial charge in [-0.3, -0.25) is 4.79 Å². The van der Waals surface area contributed by atoms with Crippen LogP contribution in [-0.4, -0.2) is 26.6 Å². The van der Waals surface area contributed by atoms with Gasteiger partial charge in [0.2, 0.25) is 5.91 Å². The molecule has 0 unspecified atom stereocenters. The van der Waals surface area contributed by atoms with Gasteiger partial charge >= 0.3 is 0 Å². The number of hydrogen-bond donors (Lipinski definition) is 2. The number of aromatic amines is 1. The van der Waals surface area contributed by atoms with Crippen LogP contribution in [-0.2, 0) is 4.79 Å². The summed E-state index contributed by atoms with van der Waals surface area (Å²) in [6, 6.07) is 6.81. The lowest BCUT2D eigenvalue weighted by atomic mass is 10.3. The minimum Gasteiger partial charge on any atom is -0.332 e. The molecule has 1 aromatic carbocycles. The lowest BCUT2D eigenvalue weighted by molar-refractivity contribution is -0.113. The number of rotatable bonds is 4. The number of fused-ring (bicyclic) bond motifs is 1. The zero-order valence-electron chi connectivity index (χ0n) is 11.1. The average Bonchev–Trinajstić information content (AvgIpc) is 2.92. The highest BCUT2D eigenvalue weighted by molar-refractivity contribution is 7.99. The Morgan fingerprint density at radius 3 is 2.91 bits per heavy atom. The molecule has 0 fully saturated rings. The number of anilines is 1. The van der Waals surface area contributed by atoms with E-state index >= 15 is 0 Å². The second-order valence-electron chi connectivity index (χ2n) is 4.38. The molecule has 3 aromatic rings. The SMILES string of the molecule is O=C(CSc1nc2ncccc2[nH]1)Nc1ccc(F)c(F)c1. The van der Waals surface area contributed by atoms with Gasteiger partial charge in [0.25, 0.3) is 0 Å². The second kappa shape index (κ2) is 6.10. The molecule has 2 N–H and O–H groups in total. The number of carbonyl (C=O) groups is 1. The van der Waals surface area contributed by atoms with Gasteiger partial charge in [0.1, 0.15) is 0 Å². The van der Waals surface area contributed by atoms with Gasteiger partial charge in [0.15, 0.2) is 22.4 Å². The molecule has 1 amide bonds. The third-order valence-corrected chi connectivity index (χ3v) is 3.65. The zero-order chi connectivity index (χ0) is 15.5. The number of aromatic nitrogens is 3. The van der Waals surface area contributed by atoms with E-state index in [0.29, 0.717) is 10.8 Å². The first-order valence-electron chi connectivity index (χ1n) is 6.30. The van der Waals surface area contributed by atoms with Crippen molar-refractivity contribution in [3.63, 3.8) is 0 Å². The molecule has 3 rings (SSSR count). The number of imidazole rings is 1. The van der Waals surface area contributed by atoms with Crippen LogP contribution in [0.3, 0.4) is 0 Å². The number of halogens is 2. The summed E-state index contributed by atoms with van der Waals surface area (Å²) in [5.41, 5.74) is 1.56. The standard InChI is InChI=1S/C14H10F2N4OS/c15-9-4-3-8(6-10(9)16)18-12(21)7-22-14-19-11-2-1-5-17-13(11)20-14/h1-6H,7H2,(H,18,21)(H,17,19,20). The fourth-order valence-corrected chi connectivity index (χ4v) is 2.47. The Hall–Kier alpha value is -2.48. The normalized spacial score (nSPS) is 10.8. The van der Waals surface area contributed by atoms with Gasteiger partial charge in [-0.05, 0) is 24.3 Å². The van der Waals surface area contributed by atoms with E-state index in [2.05, 4.69) is 20.3 Å². The van der Waals surface area contributed by atoms with Crippen LogP contribution >= 0.6 is 11.8 Å². The van der Waals surface area contributed by atoms with Crippen LogP contribution in [0.4, 0.5) is 14.5 Å². The minimum atomic E-state index is -1.01. The number of carbonyl (C=O) groups excluding carboxylic acids is 1.